The molecule has 2 aromatic carbocycles. The highest BCUT2D eigenvalue weighted by molar-refractivity contribution is 14.0. The molecule has 0 radical (unpaired) electrons. The van der Waals surface area contributed by atoms with Gasteiger partial charge in [0.25, 0.3) is 0 Å². The molecule has 2 aromatic rings. The third-order valence-electron chi connectivity index (χ3n) is 4.96. The molecule has 1 heterocycles. The molecule has 1 saturated heterocycles. The first kappa shape index (κ1) is 24.6. The molecule has 0 spiro atoms. The number of guanidine groups is 1. The minimum Gasteiger partial charge on any atom is -0.352 e. The van der Waals surface area contributed by atoms with E-state index in [0.29, 0.717) is 25.5 Å². The number of nitrogens with one attached hydrogen (secondary N) is 3. The Balaban J connectivity index is 0.00000341. The summed E-state index contributed by atoms with van der Waals surface area (Å²) >= 11 is 0. The Kier molecular flexibility index (Phi) is 9.29. The molecular weight excluding hydrogens is 505 g/mol. The van der Waals surface area contributed by atoms with Crippen LogP contribution < -0.4 is 20.9 Å². The van der Waals surface area contributed by atoms with Crippen LogP contribution in [0.2, 0.25) is 0 Å². The molecule has 3 N–H and O–H groups in total. The quantitative estimate of drug-likeness (QED) is 0.301. The van der Waals surface area contributed by atoms with Gasteiger partial charge < -0.3 is 20.9 Å². The number of carbonyl (C=O) groups excluding carboxylic acids is 2. The molecule has 2 amide bonds. The molecule has 7 nitrogen and oxygen atoms in total. The van der Waals surface area contributed by atoms with Gasteiger partial charge in [-0.3, -0.25) is 14.6 Å². The maximum atomic E-state index is 12.4. The predicted octanol–water partition coefficient (Wildman–Crippen LogP) is 3.37. The van der Waals surface area contributed by atoms with E-state index in [-0.39, 0.29) is 47.8 Å². The molecule has 1 fully saturated rings. The highest BCUT2D eigenvalue weighted by Gasteiger charge is 2.31. The summed E-state index contributed by atoms with van der Waals surface area (Å²) in [6, 6.07) is 17.4. The van der Waals surface area contributed by atoms with E-state index in [0.717, 1.165) is 16.9 Å². The van der Waals surface area contributed by atoms with Crippen LogP contribution in [0.3, 0.4) is 0 Å². The molecule has 0 bridgehead atoms. The van der Waals surface area contributed by atoms with Gasteiger partial charge in [-0.2, -0.15) is 0 Å². The molecule has 1 unspecified atom stereocenters. The van der Waals surface area contributed by atoms with Crippen molar-refractivity contribution >= 4 is 53.1 Å². The summed E-state index contributed by atoms with van der Waals surface area (Å²) in [5, 5.41) is 9.50. The normalized spacial score (nSPS) is 16.1. The molecule has 1 atom stereocenters. The SMILES string of the molecule is CN=C(NCc1ccc(NC(=O)C(C)C)cc1)NC1CC(=O)N(c2ccccc2)C1.I. The van der Waals surface area contributed by atoms with Crippen LogP contribution in [0.15, 0.2) is 59.6 Å². The number of benzene rings is 2. The fourth-order valence-electron chi connectivity index (χ4n) is 3.23. The molecule has 0 aliphatic carbocycles. The second-order valence-electron chi connectivity index (χ2n) is 7.65. The van der Waals surface area contributed by atoms with Crippen LogP contribution in [-0.2, 0) is 16.1 Å². The van der Waals surface area contributed by atoms with Crippen LogP contribution in [-0.4, -0.2) is 37.4 Å². The van der Waals surface area contributed by atoms with Gasteiger partial charge in [0, 0.05) is 43.9 Å². The first-order valence-corrected chi connectivity index (χ1v) is 10.2. The van der Waals surface area contributed by atoms with Gasteiger partial charge in [-0.05, 0) is 29.8 Å². The highest BCUT2D eigenvalue weighted by atomic mass is 127. The number of anilines is 2. The lowest BCUT2D eigenvalue weighted by Crippen LogP contribution is -2.44. The average molecular weight is 535 g/mol. The molecule has 0 aromatic heterocycles. The van der Waals surface area contributed by atoms with Crippen molar-refractivity contribution < 1.29 is 9.59 Å². The number of rotatable bonds is 6. The van der Waals surface area contributed by atoms with Crippen molar-refractivity contribution in [3.63, 3.8) is 0 Å². The van der Waals surface area contributed by atoms with Gasteiger partial charge in [0.15, 0.2) is 5.96 Å². The second-order valence-corrected chi connectivity index (χ2v) is 7.65. The van der Waals surface area contributed by atoms with Crippen molar-refractivity contribution in [1.29, 1.82) is 0 Å². The number of hydrogen-bond donors (Lipinski definition) is 3. The average Bonchev–Trinajstić information content (AvgIpc) is 3.12. The largest absolute Gasteiger partial charge is 0.352 e. The first-order valence-electron chi connectivity index (χ1n) is 10.2. The van der Waals surface area contributed by atoms with Gasteiger partial charge in [-0.15, -0.1) is 24.0 Å². The Bertz CT molecular complexity index is 900. The number of carbonyl (C=O) groups is 2. The molecule has 1 aliphatic heterocycles. The molecule has 3 rings (SSSR count). The number of aliphatic imine (C=N–C) groups is 1. The zero-order valence-electron chi connectivity index (χ0n) is 18.1. The Labute approximate surface area is 200 Å². The van der Waals surface area contributed by atoms with Crippen molar-refractivity contribution in [1.82, 2.24) is 10.6 Å². The van der Waals surface area contributed by atoms with E-state index in [2.05, 4.69) is 20.9 Å². The van der Waals surface area contributed by atoms with Gasteiger partial charge in [-0.25, -0.2) is 0 Å². The zero-order chi connectivity index (χ0) is 21.5. The number of para-hydroxylation sites is 1. The standard InChI is InChI=1S/C23H29N5O2.HI/c1-16(2)22(30)26-18-11-9-17(10-12-18)14-25-23(24-3)27-19-13-21(29)28(15-19)20-7-5-4-6-8-20;/h4-12,16,19H,13-15H2,1-3H3,(H,26,30)(H2,24,25,27);1H. The van der Waals surface area contributed by atoms with E-state index in [4.69, 9.17) is 0 Å². The summed E-state index contributed by atoms with van der Waals surface area (Å²) in [4.78, 5) is 30.2. The van der Waals surface area contributed by atoms with Gasteiger partial charge >= 0.3 is 0 Å². The Morgan fingerprint density at radius 2 is 1.81 bits per heavy atom. The van der Waals surface area contributed by atoms with Crippen molar-refractivity contribution in [2.45, 2.75) is 32.9 Å². The van der Waals surface area contributed by atoms with Crippen molar-refractivity contribution in [2.75, 3.05) is 23.8 Å². The second kappa shape index (κ2) is 11.7. The lowest BCUT2D eigenvalue weighted by molar-refractivity contribution is -0.119. The Hall–Kier alpha value is -2.62. The van der Waals surface area contributed by atoms with Crippen LogP contribution in [0.4, 0.5) is 11.4 Å². The van der Waals surface area contributed by atoms with Crippen molar-refractivity contribution in [3.05, 3.63) is 60.2 Å². The van der Waals surface area contributed by atoms with Crippen molar-refractivity contribution in [3.8, 4) is 0 Å². The molecule has 1 aliphatic rings. The van der Waals surface area contributed by atoms with E-state index >= 15 is 0 Å². The molecule has 8 heteroatoms. The fraction of sp³-hybridized carbons (Fsp3) is 0.348. The molecule has 166 valence electrons. The zero-order valence-corrected chi connectivity index (χ0v) is 20.4. The lowest BCUT2D eigenvalue weighted by Gasteiger charge is -2.19. The van der Waals surface area contributed by atoms with Gasteiger partial charge in [0.05, 0.1) is 6.04 Å². The summed E-state index contributed by atoms with van der Waals surface area (Å²) in [5.41, 5.74) is 2.76. The number of amides is 2. The summed E-state index contributed by atoms with van der Waals surface area (Å²) in [7, 11) is 1.71. The summed E-state index contributed by atoms with van der Waals surface area (Å²) in [6.07, 6.45) is 0.430. The summed E-state index contributed by atoms with van der Waals surface area (Å²) < 4.78 is 0. The van der Waals surface area contributed by atoms with E-state index in [1.54, 1.807) is 11.9 Å². The number of hydrogen-bond acceptors (Lipinski definition) is 3. The van der Waals surface area contributed by atoms with Crippen molar-refractivity contribution in [2.24, 2.45) is 10.9 Å². The highest BCUT2D eigenvalue weighted by Crippen LogP contribution is 2.21. The minimum absolute atomic E-state index is 0. The number of halogens is 1. The molecular formula is C23H30IN5O2. The summed E-state index contributed by atoms with van der Waals surface area (Å²) in [5.74, 6) is 0.704. The van der Waals surface area contributed by atoms with E-state index < -0.39 is 0 Å². The fourth-order valence-corrected chi connectivity index (χ4v) is 3.23. The maximum Gasteiger partial charge on any atom is 0.229 e. The smallest absolute Gasteiger partial charge is 0.229 e. The predicted molar refractivity (Wildman–Crippen MR) is 136 cm³/mol. The van der Waals surface area contributed by atoms with E-state index in [1.807, 2.05) is 68.4 Å². The Morgan fingerprint density at radius 1 is 1.13 bits per heavy atom. The Morgan fingerprint density at radius 3 is 2.42 bits per heavy atom. The van der Waals surface area contributed by atoms with Crippen LogP contribution in [0, 0.1) is 5.92 Å². The maximum absolute atomic E-state index is 12.4. The van der Waals surface area contributed by atoms with E-state index in [1.165, 1.54) is 0 Å². The van der Waals surface area contributed by atoms with Crippen LogP contribution >= 0.6 is 24.0 Å². The van der Waals surface area contributed by atoms with Gasteiger partial charge in [0.1, 0.15) is 0 Å². The number of nitrogens with zero attached hydrogens (tertiary/aromatic N) is 2. The monoisotopic (exact) mass is 535 g/mol. The third-order valence-corrected chi connectivity index (χ3v) is 4.96. The van der Waals surface area contributed by atoms with E-state index in [9.17, 15) is 9.59 Å². The summed E-state index contributed by atoms with van der Waals surface area (Å²) in [6.45, 7) is 4.92. The minimum atomic E-state index is -0.0546. The third kappa shape index (κ3) is 6.95. The van der Waals surface area contributed by atoms with Crippen LogP contribution in [0.1, 0.15) is 25.8 Å². The molecule has 0 saturated carbocycles. The van der Waals surface area contributed by atoms with Crippen LogP contribution in [0.5, 0.6) is 0 Å². The van der Waals surface area contributed by atoms with Crippen LogP contribution in [0.25, 0.3) is 0 Å². The first-order chi connectivity index (χ1) is 14.5. The van der Waals surface area contributed by atoms with Gasteiger partial charge in [-0.1, -0.05) is 44.2 Å². The lowest BCUT2D eigenvalue weighted by atomic mass is 10.1. The molecule has 31 heavy (non-hydrogen) atoms. The topological polar surface area (TPSA) is 85.8 Å². The van der Waals surface area contributed by atoms with Gasteiger partial charge in [0.2, 0.25) is 11.8 Å².